The summed E-state index contributed by atoms with van der Waals surface area (Å²) in [5.41, 5.74) is 8.20. The molecule has 0 radical (unpaired) electrons. The lowest BCUT2D eigenvalue weighted by Crippen LogP contribution is -2.14. The lowest BCUT2D eigenvalue weighted by Gasteiger charge is -2.30. The summed E-state index contributed by atoms with van der Waals surface area (Å²) < 4.78 is 0. The molecule has 1 unspecified atom stereocenters. The monoisotopic (exact) mass is 281 g/mol. The molecule has 2 aliphatic rings. The molecular weight excluding hydrogens is 254 g/mol. The maximum Gasteiger partial charge on any atom is 0.0478 e. The minimum Gasteiger partial charge on any atom is -0.261 e. The van der Waals surface area contributed by atoms with Crippen LogP contribution in [0.1, 0.15) is 76.8 Å². The average molecular weight is 281 g/mol. The van der Waals surface area contributed by atoms with E-state index in [1.807, 2.05) is 12.3 Å². The largest absolute Gasteiger partial charge is 0.261 e. The van der Waals surface area contributed by atoms with E-state index < -0.39 is 0 Å². The summed E-state index contributed by atoms with van der Waals surface area (Å²) in [6, 6.07) is 6.40. The molecule has 2 aliphatic carbocycles. The highest BCUT2D eigenvalue weighted by molar-refractivity contribution is 5.49. The highest BCUT2D eigenvalue weighted by atomic mass is 14.7. The Kier molecular flexibility index (Phi) is 4.57. The molecular formula is C20H27N. The summed E-state index contributed by atoms with van der Waals surface area (Å²) in [7, 11) is 0. The number of aromatic nitrogens is 1. The molecule has 21 heavy (non-hydrogen) atoms. The number of fused-ring (bicyclic) bond motifs is 1. The van der Waals surface area contributed by atoms with Crippen molar-refractivity contribution in [3.05, 3.63) is 52.4 Å². The second-order valence-electron chi connectivity index (χ2n) is 6.45. The van der Waals surface area contributed by atoms with Crippen LogP contribution in [0.2, 0.25) is 0 Å². The molecule has 0 bridgehead atoms. The fourth-order valence-corrected chi connectivity index (χ4v) is 4.21. The smallest absolute Gasteiger partial charge is 0.0478 e. The highest BCUT2D eigenvalue weighted by Gasteiger charge is 2.31. The second kappa shape index (κ2) is 6.60. The predicted octanol–water partition coefficient (Wildman–Crippen LogP) is 5.95. The zero-order chi connectivity index (χ0) is 14.7. The van der Waals surface area contributed by atoms with Crippen molar-refractivity contribution in [2.75, 3.05) is 0 Å². The van der Waals surface area contributed by atoms with Gasteiger partial charge in [-0.15, -0.1) is 0 Å². The normalized spacial score (nSPS) is 21.9. The van der Waals surface area contributed by atoms with Gasteiger partial charge in [0.25, 0.3) is 0 Å². The van der Waals surface area contributed by atoms with Gasteiger partial charge in [0.05, 0.1) is 0 Å². The number of rotatable bonds is 5. The highest BCUT2D eigenvalue weighted by Crippen LogP contribution is 2.49. The van der Waals surface area contributed by atoms with Crippen molar-refractivity contribution in [3.8, 4) is 0 Å². The Morgan fingerprint density at radius 1 is 1.05 bits per heavy atom. The van der Waals surface area contributed by atoms with Gasteiger partial charge in [-0.3, -0.25) is 4.98 Å². The molecule has 1 aromatic heterocycles. The summed E-state index contributed by atoms with van der Waals surface area (Å²) in [4.78, 5) is 4.69. The third-order valence-electron chi connectivity index (χ3n) is 5.02. The quantitative estimate of drug-likeness (QED) is 0.650. The Morgan fingerprint density at radius 3 is 2.57 bits per heavy atom. The molecule has 0 N–H and O–H groups in total. The molecule has 1 heteroatoms. The molecule has 0 aliphatic heterocycles. The van der Waals surface area contributed by atoms with Crippen LogP contribution >= 0.6 is 0 Å². The number of nitrogens with zero attached hydrogens (tertiary/aromatic N) is 1. The predicted molar refractivity (Wildman–Crippen MR) is 89.3 cm³/mol. The first-order chi connectivity index (χ1) is 10.3. The van der Waals surface area contributed by atoms with Crippen LogP contribution in [0.25, 0.3) is 0 Å². The van der Waals surface area contributed by atoms with E-state index in [-0.39, 0.29) is 0 Å². The van der Waals surface area contributed by atoms with Gasteiger partial charge in [-0.25, -0.2) is 0 Å². The molecule has 3 rings (SSSR count). The molecule has 1 fully saturated rings. The molecule has 0 amide bonds. The van der Waals surface area contributed by atoms with Gasteiger partial charge in [0.15, 0.2) is 0 Å². The van der Waals surface area contributed by atoms with Crippen LogP contribution in [0.3, 0.4) is 0 Å². The minimum atomic E-state index is 0.546. The minimum absolute atomic E-state index is 0.546. The van der Waals surface area contributed by atoms with Gasteiger partial charge in [-0.05, 0) is 61.8 Å². The molecule has 1 heterocycles. The van der Waals surface area contributed by atoms with Gasteiger partial charge in [0, 0.05) is 17.8 Å². The van der Waals surface area contributed by atoms with Crippen molar-refractivity contribution in [1.29, 1.82) is 0 Å². The summed E-state index contributed by atoms with van der Waals surface area (Å²) >= 11 is 0. The maximum atomic E-state index is 4.69. The van der Waals surface area contributed by atoms with E-state index >= 15 is 0 Å². The van der Waals surface area contributed by atoms with Crippen molar-refractivity contribution in [1.82, 2.24) is 4.98 Å². The van der Waals surface area contributed by atoms with Crippen LogP contribution in [0.5, 0.6) is 0 Å². The first kappa shape index (κ1) is 14.6. The van der Waals surface area contributed by atoms with Crippen LogP contribution in [-0.4, -0.2) is 4.98 Å². The standard InChI is InChI=1S/C20H27N/c1-3-8-15-14-19(20-12-5-6-13-21-20)17(9-4-2)18-11-7-10-16(15)18/h5-6,12-13,19H,3-4,7-11,14H2,1-2H3. The van der Waals surface area contributed by atoms with Crippen LogP contribution in [0, 0.1) is 0 Å². The third-order valence-corrected chi connectivity index (χ3v) is 5.02. The Balaban J connectivity index is 2.04. The Bertz CT molecular complexity index is 550. The van der Waals surface area contributed by atoms with E-state index in [0.717, 1.165) is 0 Å². The van der Waals surface area contributed by atoms with E-state index in [2.05, 4.69) is 31.0 Å². The summed E-state index contributed by atoms with van der Waals surface area (Å²) in [5.74, 6) is 0.546. The van der Waals surface area contributed by atoms with Crippen molar-refractivity contribution in [2.45, 2.75) is 71.1 Å². The Morgan fingerprint density at radius 2 is 1.86 bits per heavy atom. The van der Waals surface area contributed by atoms with Gasteiger partial charge >= 0.3 is 0 Å². The fraction of sp³-hybridized carbons (Fsp3) is 0.550. The van der Waals surface area contributed by atoms with Gasteiger partial charge in [-0.2, -0.15) is 0 Å². The van der Waals surface area contributed by atoms with Crippen molar-refractivity contribution in [3.63, 3.8) is 0 Å². The van der Waals surface area contributed by atoms with Crippen LogP contribution in [0.15, 0.2) is 46.7 Å². The topological polar surface area (TPSA) is 12.9 Å². The van der Waals surface area contributed by atoms with E-state index in [1.165, 1.54) is 57.1 Å². The van der Waals surface area contributed by atoms with Gasteiger partial charge < -0.3 is 0 Å². The molecule has 1 saturated carbocycles. The Hall–Kier alpha value is -1.37. The lowest BCUT2D eigenvalue weighted by molar-refractivity contribution is 0.648. The number of allylic oxidation sites excluding steroid dienone is 4. The second-order valence-corrected chi connectivity index (χ2v) is 6.45. The molecule has 1 atom stereocenters. The number of hydrogen-bond acceptors (Lipinski definition) is 1. The van der Waals surface area contributed by atoms with Crippen LogP contribution < -0.4 is 0 Å². The van der Waals surface area contributed by atoms with E-state index in [9.17, 15) is 0 Å². The van der Waals surface area contributed by atoms with Crippen molar-refractivity contribution in [2.24, 2.45) is 0 Å². The Labute approximate surface area is 129 Å². The number of hydrogen-bond donors (Lipinski definition) is 0. The molecule has 0 aromatic carbocycles. The van der Waals surface area contributed by atoms with Gasteiger partial charge in [0.2, 0.25) is 0 Å². The SMILES string of the molecule is CCCC1=C2CCCC2=C(CCC)C(c2ccccn2)C1. The van der Waals surface area contributed by atoms with Crippen molar-refractivity contribution >= 4 is 0 Å². The van der Waals surface area contributed by atoms with E-state index in [4.69, 9.17) is 0 Å². The first-order valence-corrected chi connectivity index (χ1v) is 8.69. The van der Waals surface area contributed by atoms with Gasteiger partial charge in [0.1, 0.15) is 0 Å². The van der Waals surface area contributed by atoms with Gasteiger partial charge in [-0.1, -0.05) is 43.9 Å². The lowest BCUT2D eigenvalue weighted by atomic mass is 9.75. The van der Waals surface area contributed by atoms with E-state index in [0.29, 0.717) is 5.92 Å². The molecule has 112 valence electrons. The van der Waals surface area contributed by atoms with Crippen LogP contribution in [-0.2, 0) is 0 Å². The maximum absolute atomic E-state index is 4.69. The molecule has 0 saturated heterocycles. The number of pyridine rings is 1. The van der Waals surface area contributed by atoms with Crippen molar-refractivity contribution < 1.29 is 0 Å². The zero-order valence-corrected chi connectivity index (χ0v) is 13.5. The zero-order valence-electron chi connectivity index (χ0n) is 13.5. The molecule has 0 spiro atoms. The summed E-state index contributed by atoms with van der Waals surface area (Å²) in [6.07, 6.45) is 12.2. The molecule has 1 nitrogen and oxygen atoms in total. The average Bonchev–Trinajstić information content (AvgIpc) is 3.00. The summed E-state index contributed by atoms with van der Waals surface area (Å²) in [6.45, 7) is 4.62. The summed E-state index contributed by atoms with van der Waals surface area (Å²) in [5, 5.41) is 0. The third kappa shape index (κ3) is 2.84. The first-order valence-electron chi connectivity index (χ1n) is 8.69. The van der Waals surface area contributed by atoms with Crippen LogP contribution in [0.4, 0.5) is 0 Å². The fourth-order valence-electron chi connectivity index (χ4n) is 4.21. The van der Waals surface area contributed by atoms with E-state index in [1.54, 1.807) is 22.3 Å². The molecule has 1 aromatic rings.